The number of phenolic OH excluding ortho intramolecular Hbond substituents is 1. The number of hydrogen-bond donors (Lipinski definition) is 2. The number of methoxy groups -OCH3 is 1. The number of aliphatic hydroxyl groups excluding tert-OH is 1. The molecule has 0 aliphatic carbocycles. The first-order chi connectivity index (χ1) is 15.0. The largest absolute Gasteiger partial charge is 0.508 e. The van der Waals surface area contributed by atoms with Crippen molar-refractivity contribution >= 4 is 28.2 Å². The van der Waals surface area contributed by atoms with E-state index in [1.165, 1.54) is 17.0 Å². The van der Waals surface area contributed by atoms with Crippen LogP contribution in [0.2, 0.25) is 0 Å². The van der Waals surface area contributed by atoms with E-state index >= 15 is 0 Å². The van der Waals surface area contributed by atoms with Crippen molar-refractivity contribution in [1.29, 1.82) is 0 Å². The molecule has 6 heteroatoms. The predicted molar refractivity (Wildman–Crippen MR) is 118 cm³/mol. The molecule has 1 aliphatic heterocycles. The van der Waals surface area contributed by atoms with Crippen molar-refractivity contribution in [3.8, 4) is 5.75 Å². The molecule has 0 saturated carbocycles. The van der Waals surface area contributed by atoms with Crippen LogP contribution in [-0.2, 0) is 14.3 Å². The molecule has 1 atom stereocenters. The van der Waals surface area contributed by atoms with Gasteiger partial charge in [0.15, 0.2) is 0 Å². The first kappa shape index (κ1) is 20.6. The first-order valence-electron chi connectivity index (χ1n) is 10.1. The number of aliphatic hydroxyl groups is 1. The molecular weight excluding hydrogens is 394 g/mol. The molecular formula is C25H23NO5. The average Bonchev–Trinajstić information content (AvgIpc) is 3.03. The van der Waals surface area contributed by atoms with Gasteiger partial charge in [-0.25, -0.2) is 0 Å². The second-order valence-electron chi connectivity index (χ2n) is 7.50. The van der Waals surface area contributed by atoms with Crippen LogP contribution in [0.3, 0.4) is 0 Å². The lowest BCUT2D eigenvalue weighted by Gasteiger charge is -2.25. The van der Waals surface area contributed by atoms with E-state index in [1.54, 1.807) is 31.4 Å². The summed E-state index contributed by atoms with van der Waals surface area (Å²) in [5.41, 5.74) is 1.03. The van der Waals surface area contributed by atoms with Gasteiger partial charge in [-0.15, -0.1) is 0 Å². The smallest absolute Gasteiger partial charge is 0.295 e. The summed E-state index contributed by atoms with van der Waals surface area (Å²) in [6, 6.07) is 18.7. The lowest BCUT2D eigenvalue weighted by molar-refractivity contribution is -0.140. The number of carbonyl (C=O) groups is 2. The number of phenols is 1. The number of benzene rings is 3. The van der Waals surface area contributed by atoms with Gasteiger partial charge in [0.1, 0.15) is 11.5 Å². The topological polar surface area (TPSA) is 87.1 Å². The van der Waals surface area contributed by atoms with Crippen LogP contribution in [0.5, 0.6) is 5.75 Å². The molecule has 2 N–H and O–H groups in total. The molecule has 1 fully saturated rings. The molecule has 0 spiro atoms. The Morgan fingerprint density at radius 3 is 2.52 bits per heavy atom. The molecule has 0 aromatic heterocycles. The molecule has 6 nitrogen and oxygen atoms in total. The van der Waals surface area contributed by atoms with Gasteiger partial charge in [-0.2, -0.15) is 0 Å². The van der Waals surface area contributed by atoms with Crippen molar-refractivity contribution in [2.45, 2.75) is 12.5 Å². The van der Waals surface area contributed by atoms with Gasteiger partial charge in [-0.05, 0) is 41.0 Å². The normalized spacial score (nSPS) is 18.1. The lowest BCUT2D eigenvalue weighted by Crippen LogP contribution is -2.31. The van der Waals surface area contributed by atoms with Crippen LogP contribution in [0.15, 0.2) is 72.3 Å². The predicted octanol–water partition coefficient (Wildman–Crippen LogP) is 4.00. The fraction of sp³-hybridized carbons (Fsp3) is 0.200. The Hall–Kier alpha value is -3.64. The summed E-state index contributed by atoms with van der Waals surface area (Å²) in [5.74, 6) is -1.62. The van der Waals surface area contributed by atoms with Crippen molar-refractivity contribution < 1.29 is 24.5 Å². The van der Waals surface area contributed by atoms with Gasteiger partial charge < -0.3 is 19.8 Å². The maximum absolute atomic E-state index is 13.0. The SMILES string of the molecule is COCCCN1C(=O)C(=O)/C(=C(\O)c2ccc3ccccc3c2)C1c1cccc(O)c1. The Labute approximate surface area is 180 Å². The Balaban J connectivity index is 1.85. The summed E-state index contributed by atoms with van der Waals surface area (Å²) in [5, 5.41) is 23.0. The van der Waals surface area contributed by atoms with E-state index in [9.17, 15) is 19.8 Å². The van der Waals surface area contributed by atoms with Crippen LogP contribution < -0.4 is 0 Å². The van der Waals surface area contributed by atoms with Crippen LogP contribution in [0.1, 0.15) is 23.6 Å². The second kappa shape index (κ2) is 8.62. The van der Waals surface area contributed by atoms with E-state index in [4.69, 9.17) is 4.74 Å². The third-order valence-corrected chi connectivity index (χ3v) is 5.50. The minimum Gasteiger partial charge on any atom is -0.508 e. The van der Waals surface area contributed by atoms with E-state index in [0.29, 0.717) is 24.2 Å². The molecule has 1 heterocycles. The summed E-state index contributed by atoms with van der Waals surface area (Å²) in [7, 11) is 1.57. The van der Waals surface area contributed by atoms with E-state index in [1.807, 2.05) is 30.3 Å². The molecule has 3 aromatic rings. The lowest BCUT2D eigenvalue weighted by atomic mass is 9.94. The summed E-state index contributed by atoms with van der Waals surface area (Å²) < 4.78 is 5.08. The fourth-order valence-corrected chi connectivity index (χ4v) is 4.02. The third kappa shape index (κ3) is 3.90. The van der Waals surface area contributed by atoms with Gasteiger partial charge in [-0.3, -0.25) is 9.59 Å². The van der Waals surface area contributed by atoms with Crippen molar-refractivity contribution in [1.82, 2.24) is 4.90 Å². The number of rotatable bonds is 6. The summed E-state index contributed by atoms with van der Waals surface area (Å²) >= 11 is 0. The van der Waals surface area contributed by atoms with Crippen LogP contribution >= 0.6 is 0 Å². The Bertz CT molecular complexity index is 1180. The van der Waals surface area contributed by atoms with Crippen molar-refractivity contribution in [2.75, 3.05) is 20.3 Å². The Kier molecular flexibility index (Phi) is 5.73. The highest BCUT2D eigenvalue weighted by Crippen LogP contribution is 2.40. The molecule has 1 unspecified atom stereocenters. The summed E-state index contributed by atoms with van der Waals surface area (Å²) in [4.78, 5) is 27.3. The van der Waals surface area contributed by atoms with Crippen LogP contribution in [0, 0.1) is 0 Å². The molecule has 1 aliphatic rings. The van der Waals surface area contributed by atoms with Crippen LogP contribution in [0.25, 0.3) is 16.5 Å². The highest BCUT2D eigenvalue weighted by Gasteiger charge is 2.45. The summed E-state index contributed by atoms with van der Waals surface area (Å²) in [6.07, 6.45) is 0.537. The standard InChI is InChI=1S/C25H23NO5/c1-31-13-5-12-26-22(18-8-4-9-20(27)15-18)21(24(29)25(26)30)23(28)19-11-10-16-6-2-3-7-17(16)14-19/h2-4,6-11,14-15,22,27-28H,5,12-13H2,1H3/b23-21-. The monoisotopic (exact) mass is 417 g/mol. The number of ether oxygens (including phenoxy) is 1. The number of aromatic hydroxyl groups is 1. The maximum Gasteiger partial charge on any atom is 0.295 e. The number of Topliss-reactive ketones (excluding diaryl/α,β-unsaturated/α-hetero) is 1. The zero-order valence-electron chi connectivity index (χ0n) is 17.1. The zero-order valence-corrected chi connectivity index (χ0v) is 17.1. The number of ketones is 1. The molecule has 0 radical (unpaired) electrons. The van der Waals surface area contributed by atoms with E-state index in [2.05, 4.69) is 0 Å². The van der Waals surface area contributed by atoms with Gasteiger partial charge in [0.05, 0.1) is 11.6 Å². The molecule has 3 aromatic carbocycles. The molecule has 31 heavy (non-hydrogen) atoms. The second-order valence-corrected chi connectivity index (χ2v) is 7.50. The van der Waals surface area contributed by atoms with Gasteiger partial charge >= 0.3 is 0 Å². The minimum atomic E-state index is -0.796. The molecule has 4 rings (SSSR count). The summed E-state index contributed by atoms with van der Waals surface area (Å²) in [6.45, 7) is 0.716. The maximum atomic E-state index is 13.0. The van der Waals surface area contributed by atoms with Crippen LogP contribution in [0.4, 0.5) is 0 Å². The van der Waals surface area contributed by atoms with Gasteiger partial charge in [0, 0.05) is 25.8 Å². The van der Waals surface area contributed by atoms with E-state index in [-0.39, 0.29) is 23.6 Å². The highest BCUT2D eigenvalue weighted by molar-refractivity contribution is 6.46. The zero-order chi connectivity index (χ0) is 22.0. The van der Waals surface area contributed by atoms with Crippen LogP contribution in [-0.4, -0.2) is 47.1 Å². The highest BCUT2D eigenvalue weighted by atomic mass is 16.5. The molecule has 1 amide bonds. The average molecular weight is 417 g/mol. The Morgan fingerprint density at radius 1 is 1.00 bits per heavy atom. The van der Waals surface area contributed by atoms with Crippen molar-refractivity contribution in [3.05, 3.63) is 83.4 Å². The number of amides is 1. The number of likely N-dealkylation sites (tertiary alicyclic amines) is 1. The first-order valence-corrected chi connectivity index (χ1v) is 10.1. The molecule has 1 saturated heterocycles. The molecule has 0 bridgehead atoms. The number of nitrogens with zero attached hydrogens (tertiary/aromatic N) is 1. The van der Waals surface area contributed by atoms with E-state index in [0.717, 1.165) is 10.8 Å². The van der Waals surface area contributed by atoms with Crippen molar-refractivity contribution in [3.63, 3.8) is 0 Å². The fourth-order valence-electron chi connectivity index (χ4n) is 4.02. The third-order valence-electron chi connectivity index (χ3n) is 5.50. The van der Waals surface area contributed by atoms with Gasteiger partial charge in [-0.1, -0.05) is 48.5 Å². The number of hydrogen-bond acceptors (Lipinski definition) is 5. The number of carbonyl (C=O) groups excluding carboxylic acids is 2. The van der Waals surface area contributed by atoms with Crippen molar-refractivity contribution in [2.24, 2.45) is 0 Å². The number of fused-ring (bicyclic) bond motifs is 1. The quantitative estimate of drug-likeness (QED) is 0.274. The molecule has 158 valence electrons. The Morgan fingerprint density at radius 2 is 1.77 bits per heavy atom. The van der Waals surface area contributed by atoms with Gasteiger partial charge in [0.25, 0.3) is 11.7 Å². The van der Waals surface area contributed by atoms with Gasteiger partial charge in [0.2, 0.25) is 0 Å². The van der Waals surface area contributed by atoms with E-state index < -0.39 is 17.7 Å². The minimum absolute atomic E-state index is 0.0169.